The Labute approximate surface area is 112 Å². The summed E-state index contributed by atoms with van der Waals surface area (Å²) < 4.78 is 26.5. The lowest BCUT2D eigenvalue weighted by Crippen LogP contribution is -2.23. The largest absolute Gasteiger partial charge is 0.310 e. The lowest BCUT2D eigenvalue weighted by atomic mass is 9.93. The van der Waals surface area contributed by atoms with Gasteiger partial charge in [-0.1, -0.05) is 6.92 Å². The average molecular weight is 273 g/mol. The molecule has 2 rings (SSSR count). The summed E-state index contributed by atoms with van der Waals surface area (Å²) in [5, 5.41) is 7.72. The second-order valence-corrected chi connectivity index (χ2v) is 6.06. The number of nitrogens with one attached hydrogen (secondary N) is 1. The van der Waals surface area contributed by atoms with Gasteiger partial charge in [-0.05, 0) is 54.1 Å². The van der Waals surface area contributed by atoms with E-state index >= 15 is 0 Å². The zero-order chi connectivity index (χ0) is 13.2. The monoisotopic (exact) mass is 273 g/mol. The molecule has 0 radical (unpaired) electrons. The van der Waals surface area contributed by atoms with Crippen molar-refractivity contribution in [1.82, 2.24) is 5.32 Å². The third-order valence-electron chi connectivity index (χ3n) is 3.80. The van der Waals surface area contributed by atoms with Gasteiger partial charge < -0.3 is 5.32 Å². The molecule has 1 aliphatic carbocycles. The molecule has 102 valence electrons. The van der Waals surface area contributed by atoms with Crippen molar-refractivity contribution in [2.75, 3.05) is 6.54 Å². The predicted octanol–water partition coefficient (Wildman–Crippen LogP) is 4.53. The molecule has 1 aromatic rings. The standard InChI is InChI=1S/C14H21F2NS/c1-3-17-13(12-9-18-8-10(12)2)6-11-4-5-14(15,16)7-11/h8-9,11,13,17H,3-7H2,1-2H3. The van der Waals surface area contributed by atoms with Gasteiger partial charge in [-0.25, -0.2) is 8.78 Å². The van der Waals surface area contributed by atoms with Crippen molar-refractivity contribution >= 4 is 11.3 Å². The summed E-state index contributed by atoms with van der Waals surface area (Å²) in [5.41, 5.74) is 2.56. The Balaban J connectivity index is 2.02. The molecule has 1 aromatic heterocycles. The van der Waals surface area contributed by atoms with Crippen LogP contribution in [0.2, 0.25) is 0 Å². The zero-order valence-electron chi connectivity index (χ0n) is 11.0. The molecule has 2 atom stereocenters. The van der Waals surface area contributed by atoms with Gasteiger partial charge >= 0.3 is 0 Å². The minimum atomic E-state index is -2.43. The summed E-state index contributed by atoms with van der Waals surface area (Å²) in [6.07, 6.45) is 1.64. The van der Waals surface area contributed by atoms with Crippen LogP contribution < -0.4 is 5.32 Å². The quantitative estimate of drug-likeness (QED) is 0.831. The molecule has 1 nitrogen and oxygen atoms in total. The van der Waals surface area contributed by atoms with Gasteiger partial charge in [-0.15, -0.1) is 0 Å². The number of halogens is 2. The molecule has 1 saturated carbocycles. The first-order chi connectivity index (χ1) is 8.52. The van der Waals surface area contributed by atoms with E-state index in [0.29, 0.717) is 6.42 Å². The smallest absolute Gasteiger partial charge is 0.248 e. The van der Waals surface area contributed by atoms with Crippen LogP contribution in [-0.2, 0) is 0 Å². The van der Waals surface area contributed by atoms with E-state index in [2.05, 4.69) is 29.9 Å². The van der Waals surface area contributed by atoms with Gasteiger partial charge in [0.25, 0.3) is 0 Å². The van der Waals surface area contributed by atoms with Crippen LogP contribution in [0.1, 0.15) is 49.8 Å². The molecule has 0 aliphatic heterocycles. The number of alkyl halides is 2. The molecule has 1 heterocycles. The summed E-state index contributed by atoms with van der Waals surface area (Å²) in [6.45, 7) is 5.04. The third-order valence-corrected chi connectivity index (χ3v) is 4.68. The van der Waals surface area contributed by atoms with Crippen LogP contribution in [0.15, 0.2) is 10.8 Å². The Morgan fingerprint density at radius 2 is 2.28 bits per heavy atom. The van der Waals surface area contributed by atoms with E-state index in [0.717, 1.165) is 13.0 Å². The minimum absolute atomic E-state index is 0.0675. The molecule has 0 amide bonds. The molecular formula is C14H21F2NS. The predicted molar refractivity (Wildman–Crippen MR) is 72.4 cm³/mol. The minimum Gasteiger partial charge on any atom is -0.310 e. The Bertz CT molecular complexity index is 389. The fourth-order valence-corrected chi connectivity index (χ4v) is 3.78. The average Bonchev–Trinajstić information content (AvgIpc) is 2.84. The molecule has 0 saturated heterocycles. The van der Waals surface area contributed by atoms with Gasteiger partial charge in [0.05, 0.1) is 0 Å². The van der Waals surface area contributed by atoms with Crippen LogP contribution >= 0.6 is 11.3 Å². The van der Waals surface area contributed by atoms with Gasteiger partial charge in [-0.2, -0.15) is 11.3 Å². The lowest BCUT2D eigenvalue weighted by Gasteiger charge is -2.22. The highest BCUT2D eigenvalue weighted by Gasteiger charge is 2.40. The van der Waals surface area contributed by atoms with Gasteiger partial charge in [0.1, 0.15) is 0 Å². The van der Waals surface area contributed by atoms with Crippen molar-refractivity contribution in [2.45, 2.75) is 51.5 Å². The topological polar surface area (TPSA) is 12.0 Å². The Kier molecular flexibility index (Phi) is 4.38. The molecule has 4 heteroatoms. The summed E-state index contributed by atoms with van der Waals surface area (Å²) >= 11 is 1.69. The molecule has 1 fully saturated rings. The Morgan fingerprint density at radius 1 is 1.50 bits per heavy atom. The van der Waals surface area contributed by atoms with Crippen LogP contribution in [0.5, 0.6) is 0 Å². The van der Waals surface area contributed by atoms with Crippen LogP contribution in [-0.4, -0.2) is 12.5 Å². The maximum absolute atomic E-state index is 13.2. The van der Waals surface area contributed by atoms with Crippen LogP contribution in [0, 0.1) is 12.8 Å². The molecule has 1 N–H and O–H groups in total. The number of thiophene rings is 1. The van der Waals surface area contributed by atoms with Crippen molar-refractivity contribution in [3.8, 4) is 0 Å². The van der Waals surface area contributed by atoms with E-state index in [-0.39, 0.29) is 24.8 Å². The first-order valence-electron chi connectivity index (χ1n) is 6.65. The normalized spacial score (nSPS) is 24.3. The highest BCUT2D eigenvalue weighted by molar-refractivity contribution is 7.08. The maximum atomic E-state index is 13.2. The van der Waals surface area contributed by atoms with Crippen LogP contribution in [0.4, 0.5) is 8.78 Å². The van der Waals surface area contributed by atoms with Crippen molar-refractivity contribution in [3.05, 3.63) is 21.9 Å². The highest BCUT2D eigenvalue weighted by atomic mass is 32.1. The molecule has 18 heavy (non-hydrogen) atoms. The van der Waals surface area contributed by atoms with Crippen molar-refractivity contribution < 1.29 is 8.78 Å². The fraction of sp³-hybridized carbons (Fsp3) is 0.714. The van der Waals surface area contributed by atoms with E-state index in [9.17, 15) is 8.78 Å². The third kappa shape index (κ3) is 3.29. The van der Waals surface area contributed by atoms with Crippen LogP contribution in [0.3, 0.4) is 0 Å². The Hall–Kier alpha value is -0.480. The van der Waals surface area contributed by atoms with E-state index in [1.54, 1.807) is 11.3 Å². The van der Waals surface area contributed by atoms with E-state index in [1.807, 2.05) is 0 Å². The second kappa shape index (κ2) is 5.66. The molecule has 2 unspecified atom stereocenters. The van der Waals surface area contributed by atoms with Gasteiger partial charge in [-0.3, -0.25) is 0 Å². The van der Waals surface area contributed by atoms with Crippen molar-refractivity contribution in [2.24, 2.45) is 5.92 Å². The van der Waals surface area contributed by atoms with Crippen LogP contribution in [0.25, 0.3) is 0 Å². The van der Waals surface area contributed by atoms with Gasteiger partial charge in [0.2, 0.25) is 5.92 Å². The van der Waals surface area contributed by atoms with E-state index < -0.39 is 5.92 Å². The van der Waals surface area contributed by atoms with Crippen molar-refractivity contribution in [1.29, 1.82) is 0 Å². The summed E-state index contributed by atoms with van der Waals surface area (Å²) in [6, 6.07) is 0.236. The molecule has 0 bridgehead atoms. The zero-order valence-corrected chi connectivity index (χ0v) is 11.8. The number of aryl methyl sites for hydroxylation is 1. The number of rotatable bonds is 5. The summed E-state index contributed by atoms with van der Waals surface area (Å²) in [5.74, 6) is -2.27. The number of hydrogen-bond acceptors (Lipinski definition) is 2. The van der Waals surface area contributed by atoms with Gasteiger partial charge in [0.15, 0.2) is 0 Å². The first-order valence-corrected chi connectivity index (χ1v) is 7.60. The van der Waals surface area contributed by atoms with Gasteiger partial charge in [0, 0.05) is 18.9 Å². The molecule has 0 aromatic carbocycles. The highest BCUT2D eigenvalue weighted by Crippen LogP contribution is 2.42. The molecular weight excluding hydrogens is 252 g/mol. The SMILES string of the molecule is CCNC(CC1CCC(F)(F)C1)c1cscc1C. The van der Waals surface area contributed by atoms with Crippen molar-refractivity contribution in [3.63, 3.8) is 0 Å². The summed E-state index contributed by atoms with van der Waals surface area (Å²) in [7, 11) is 0. The molecule has 0 spiro atoms. The summed E-state index contributed by atoms with van der Waals surface area (Å²) in [4.78, 5) is 0. The van der Waals surface area contributed by atoms with E-state index in [1.165, 1.54) is 11.1 Å². The molecule has 1 aliphatic rings. The number of hydrogen-bond donors (Lipinski definition) is 1. The Morgan fingerprint density at radius 3 is 2.78 bits per heavy atom. The second-order valence-electron chi connectivity index (χ2n) is 5.32. The lowest BCUT2D eigenvalue weighted by molar-refractivity contribution is 0.00431. The van der Waals surface area contributed by atoms with E-state index in [4.69, 9.17) is 0 Å². The maximum Gasteiger partial charge on any atom is 0.248 e. The fourth-order valence-electron chi connectivity index (χ4n) is 2.87. The first kappa shape index (κ1) is 13.9.